The van der Waals surface area contributed by atoms with E-state index in [1.807, 2.05) is 13.8 Å². The van der Waals surface area contributed by atoms with Gasteiger partial charge in [0.1, 0.15) is 4.60 Å². The summed E-state index contributed by atoms with van der Waals surface area (Å²) < 4.78 is 33.3. The van der Waals surface area contributed by atoms with Gasteiger partial charge >= 0.3 is 0 Å². The van der Waals surface area contributed by atoms with Gasteiger partial charge in [-0.25, -0.2) is 18.4 Å². The zero-order valence-corrected chi connectivity index (χ0v) is 15.3. The molecular weight excluding hydrogens is 382 g/mol. The highest BCUT2D eigenvalue weighted by molar-refractivity contribution is 9.10. The van der Waals surface area contributed by atoms with Gasteiger partial charge in [-0.15, -0.1) is 0 Å². The van der Waals surface area contributed by atoms with Crippen LogP contribution in [-0.4, -0.2) is 25.0 Å². The second-order valence-electron chi connectivity index (χ2n) is 4.97. The maximum Gasteiger partial charge on any atom is 0.263 e. The molecule has 1 aromatic carbocycles. The Morgan fingerprint density at radius 2 is 1.96 bits per heavy atom. The summed E-state index contributed by atoms with van der Waals surface area (Å²) in [6.07, 6.45) is 3.23. The normalized spacial score (nSPS) is 11.3. The summed E-state index contributed by atoms with van der Waals surface area (Å²) in [6.45, 7) is 4.38. The van der Waals surface area contributed by atoms with Crippen molar-refractivity contribution in [2.45, 2.75) is 31.6 Å². The lowest BCUT2D eigenvalue weighted by Gasteiger charge is -2.12. The topological polar surface area (TPSA) is 81.2 Å². The van der Waals surface area contributed by atoms with Gasteiger partial charge < -0.3 is 4.74 Å². The largest absolute Gasteiger partial charge is 0.475 e. The number of aromatic nitrogens is 2. The highest BCUT2D eigenvalue weighted by atomic mass is 79.9. The van der Waals surface area contributed by atoms with Gasteiger partial charge in [-0.3, -0.25) is 4.72 Å². The van der Waals surface area contributed by atoms with Gasteiger partial charge in [0.2, 0.25) is 5.82 Å². The van der Waals surface area contributed by atoms with Crippen LogP contribution in [0, 0.1) is 6.92 Å². The van der Waals surface area contributed by atoms with Crippen LogP contribution in [-0.2, 0) is 10.0 Å². The zero-order chi connectivity index (χ0) is 16.9. The summed E-state index contributed by atoms with van der Waals surface area (Å²) in [6, 6.07) is 6.56. The zero-order valence-electron chi connectivity index (χ0n) is 12.9. The maximum atomic E-state index is 12.4. The molecule has 0 bridgehead atoms. The molecule has 0 saturated heterocycles. The molecular formula is C15H18BrN3O3S. The molecule has 0 fully saturated rings. The molecule has 1 aromatic heterocycles. The predicted molar refractivity (Wildman–Crippen MR) is 92.1 cm³/mol. The first kappa shape index (κ1) is 17.7. The van der Waals surface area contributed by atoms with Crippen LogP contribution in [0.5, 0.6) is 5.88 Å². The highest BCUT2D eigenvalue weighted by Gasteiger charge is 2.18. The van der Waals surface area contributed by atoms with Crippen molar-refractivity contribution in [3.8, 4) is 5.88 Å². The van der Waals surface area contributed by atoms with Crippen molar-refractivity contribution in [2.75, 3.05) is 11.3 Å². The Morgan fingerprint density at radius 3 is 2.61 bits per heavy atom. The minimum absolute atomic E-state index is 0.0740. The van der Waals surface area contributed by atoms with E-state index >= 15 is 0 Å². The number of ether oxygens (including phenoxy) is 1. The summed E-state index contributed by atoms with van der Waals surface area (Å²) in [5.41, 5.74) is 0.982. The molecule has 0 aliphatic heterocycles. The number of anilines is 1. The quantitative estimate of drug-likeness (QED) is 0.720. The fraction of sp³-hybridized carbons (Fsp3) is 0.333. The molecule has 124 valence electrons. The number of unbranched alkanes of at least 4 members (excludes halogenated alkanes) is 1. The standard InChI is InChI=1S/C15H18BrN3O3S/c1-3-4-9-22-15-14(17-10-13(16)18-15)19-23(20,21)12-7-5-11(2)6-8-12/h5-8,10H,3-4,9H2,1-2H3,(H,17,19). The molecule has 1 N–H and O–H groups in total. The fourth-order valence-electron chi connectivity index (χ4n) is 1.74. The first-order valence-electron chi connectivity index (χ1n) is 7.17. The number of halogens is 1. The van der Waals surface area contributed by atoms with E-state index in [1.165, 1.54) is 6.20 Å². The first-order chi connectivity index (χ1) is 10.9. The van der Waals surface area contributed by atoms with Crippen LogP contribution in [0.2, 0.25) is 0 Å². The molecule has 0 aliphatic rings. The molecule has 8 heteroatoms. The monoisotopic (exact) mass is 399 g/mol. The molecule has 0 aliphatic carbocycles. The number of sulfonamides is 1. The van der Waals surface area contributed by atoms with Crippen LogP contribution >= 0.6 is 15.9 Å². The van der Waals surface area contributed by atoms with E-state index in [1.54, 1.807) is 24.3 Å². The highest BCUT2D eigenvalue weighted by Crippen LogP contribution is 2.24. The van der Waals surface area contributed by atoms with E-state index < -0.39 is 10.0 Å². The number of hydrogen-bond donors (Lipinski definition) is 1. The van der Waals surface area contributed by atoms with Crippen LogP contribution in [0.3, 0.4) is 0 Å². The predicted octanol–water partition coefficient (Wildman–Crippen LogP) is 3.53. The number of nitrogens with zero attached hydrogens (tertiary/aromatic N) is 2. The van der Waals surface area contributed by atoms with Crippen molar-refractivity contribution in [3.05, 3.63) is 40.6 Å². The van der Waals surface area contributed by atoms with Crippen LogP contribution in [0.25, 0.3) is 0 Å². The van der Waals surface area contributed by atoms with Gasteiger partial charge in [0.25, 0.3) is 15.9 Å². The van der Waals surface area contributed by atoms with Crippen molar-refractivity contribution < 1.29 is 13.2 Å². The van der Waals surface area contributed by atoms with Gasteiger partial charge in [-0.05, 0) is 41.4 Å². The minimum atomic E-state index is -3.74. The molecule has 0 saturated carbocycles. The van der Waals surface area contributed by atoms with Crippen molar-refractivity contribution in [1.82, 2.24) is 9.97 Å². The Bertz CT molecular complexity index is 764. The average molecular weight is 400 g/mol. The van der Waals surface area contributed by atoms with Crippen molar-refractivity contribution >= 4 is 31.8 Å². The van der Waals surface area contributed by atoms with Crippen LogP contribution in [0.4, 0.5) is 5.82 Å². The van der Waals surface area contributed by atoms with Crippen molar-refractivity contribution in [1.29, 1.82) is 0 Å². The van der Waals surface area contributed by atoms with Gasteiger partial charge in [0.15, 0.2) is 0 Å². The molecule has 2 rings (SSSR count). The Hall–Kier alpha value is -1.67. The lowest BCUT2D eigenvalue weighted by atomic mass is 10.2. The Balaban J connectivity index is 2.26. The van der Waals surface area contributed by atoms with Gasteiger partial charge in [-0.1, -0.05) is 31.0 Å². The van der Waals surface area contributed by atoms with E-state index in [4.69, 9.17) is 4.74 Å². The molecule has 2 aromatic rings. The van der Waals surface area contributed by atoms with Crippen LogP contribution in [0.1, 0.15) is 25.3 Å². The third-order valence-electron chi connectivity index (χ3n) is 3.01. The number of rotatable bonds is 7. The third kappa shape index (κ3) is 4.90. The SMILES string of the molecule is CCCCOc1nc(Br)cnc1NS(=O)(=O)c1ccc(C)cc1. The third-order valence-corrected chi connectivity index (χ3v) is 4.75. The molecule has 0 spiro atoms. The van der Waals surface area contributed by atoms with Crippen LogP contribution < -0.4 is 9.46 Å². The molecule has 0 atom stereocenters. The van der Waals surface area contributed by atoms with E-state index in [0.717, 1.165) is 18.4 Å². The Morgan fingerprint density at radius 1 is 1.26 bits per heavy atom. The molecule has 0 unspecified atom stereocenters. The lowest BCUT2D eigenvalue weighted by molar-refractivity contribution is 0.298. The number of nitrogens with one attached hydrogen (secondary N) is 1. The lowest BCUT2D eigenvalue weighted by Crippen LogP contribution is -2.15. The van der Waals surface area contributed by atoms with E-state index in [9.17, 15) is 8.42 Å². The van der Waals surface area contributed by atoms with Crippen LogP contribution in [0.15, 0.2) is 40.0 Å². The molecule has 0 radical (unpaired) electrons. The molecule has 0 amide bonds. The summed E-state index contributed by atoms with van der Waals surface area (Å²) >= 11 is 3.21. The van der Waals surface area contributed by atoms with E-state index in [2.05, 4.69) is 30.6 Å². The summed E-state index contributed by atoms with van der Waals surface area (Å²) in [7, 11) is -3.74. The van der Waals surface area contributed by atoms with E-state index in [0.29, 0.717) is 11.2 Å². The summed E-state index contributed by atoms with van der Waals surface area (Å²) in [5, 5.41) is 0. The van der Waals surface area contributed by atoms with Gasteiger partial charge in [0.05, 0.1) is 17.7 Å². The van der Waals surface area contributed by atoms with E-state index in [-0.39, 0.29) is 16.6 Å². The smallest absolute Gasteiger partial charge is 0.263 e. The van der Waals surface area contributed by atoms with Crippen molar-refractivity contribution in [3.63, 3.8) is 0 Å². The second-order valence-corrected chi connectivity index (χ2v) is 7.46. The average Bonchev–Trinajstić information content (AvgIpc) is 2.50. The maximum absolute atomic E-state index is 12.4. The number of benzene rings is 1. The van der Waals surface area contributed by atoms with Gasteiger partial charge in [0, 0.05) is 0 Å². The summed E-state index contributed by atoms with van der Waals surface area (Å²) in [5.74, 6) is 0.230. The Labute approximate surface area is 144 Å². The first-order valence-corrected chi connectivity index (χ1v) is 9.45. The van der Waals surface area contributed by atoms with Crippen molar-refractivity contribution in [2.24, 2.45) is 0 Å². The molecule has 23 heavy (non-hydrogen) atoms. The fourth-order valence-corrected chi connectivity index (χ4v) is 3.01. The van der Waals surface area contributed by atoms with Gasteiger partial charge in [-0.2, -0.15) is 0 Å². The Kier molecular flexibility index (Phi) is 5.95. The molecule has 1 heterocycles. The number of aryl methyl sites for hydroxylation is 1. The summed E-state index contributed by atoms with van der Waals surface area (Å²) in [4.78, 5) is 8.36. The number of hydrogen-bond acceptors (Lipinski definition) is 5. The molecule has 6 nitrogen and oxygen atoms in total. The minimum Gasteiger partial charge on any atom is -0.475 e. The second kappa shape index (κ2) is 7.74.